The lowest BCUT2D eigenvalue weighted by molar-refractivity contribution is -0.136. The van der Waals surface area contributed by atoms with Crippen LogP contribution in [0.15, 0.2) is 30.3 Å². The second-order valence-corrected chi connectivity index (χ2v) is 7.28. The van der Waals surface area contributed by atoms with Gasteiger partial charge in [-0.3, -0.25) is 0 Å². The molecular formula is C16H10ClI2NO3. The molecule has 0 spiro atoms. The molecule has 0 aliphatic carbocycles. The molecule has 0 saturated carbocycles. The third-order valence-corrected chi connectivity index (χ3v) is 4.66. The van der Waals surface area contributed by atoms with Gasteiger partial charge in [-0.2, -0.15) is 0 Å². The van der Waals surface area contributed by atoms with Crippen LogP contribution in [0, 0.1) is 20.6 Å². The summed E-state index contributed by atoms with van der Waals surface area (Å²) in [5.41, 5.74) is 1.51. The molecule has 0 heterocycles. The molecule has 0 bridgehead atoms. The van der Waals surface area contributed by atoms with Gasteiger partial charge in [0.2, 0.25) is 0 Å². The molecule has 23 heavy (non-hydrogen) atoms. The minimum Gasteiger partial charge on any atom is -0.480 e. The highest BCUT2D eigenvalue weighted by molar-refractivity contribution is 14.1. The van der Waals surface area contributed by atoms with Gasteiger partial charge in [-0.15, -0.1) is 0 Å². The Morgan fingerprint density at radius 1 is 1.26 bits per heavy atom. The number of carbonyl (C=O) groups is 1. The monoisotopic (exact) mass is 553 g/mol. The maximum absolute atomic E-state index is 12.0. The molecule has 7 heteroatoms. The van der Waals surface area contributed by atoms with Crippen LogP contribution in [0.4, 0.5) is 5.69 Å². The number of ether oxygens (including phenoxy) is 2. The molecule has 0 aromatic heterocycles. The summed E-state index contributed by atoms with van der Waals surface area (Å²) in [4.78, 5) is 15.3. The Morgan fingerprint density at radius 3 is 2.48 bits per heavy atom. The fourth-order valence-corrected chi connectivity index (χ4v) is 3.96. The molecule has 0 radical (unpaired) electrons. The number of hydrogen-bond acceptors (Lipinski definition) is 3. The van der Waals surface area contributed by atoms with E-state index in [0.29, 0.717) is 29.3 Å². The first-order chi connectivity index (χ1) is 10.9. The van der Waals surface area contributed by atoms with Gasteiger partial charge in [0.15, 0.2) is 18.0 Å². The van der Waals surface area contributed by atoms with E-state index >= 15 is 0 Å². The van der Waals surface area contributed by atoms with Crippen molar-refractivity contribution in [2.24, 2.45) is 0 Å². The van der Waals surface area contributed by atoms with Crippen molar-refractivity contribution in [2.75, 3.05) is 6.61 Å². The third kappa shape index (κ3) is 4.96. The molecule has 0 saturated heterocycles. The molecule has 2 rings (SSSR count). The van der Waals surface area contributed by atoms with E-state index in [1.165, 1.54) is 0 Å². The fourth-order valence-electron chi connectivity index (χ4n) is 1.71. The molecule has 2 aromatic rings. The number of carbonyl (C=O) groups excluding carboxylic acids is 1. The van der Waals surface area contributed by atoms with Gasteiger partial charge < -0.3 is 9.47 Å². The highest BCUT2D eigenvalue weighted by Crippen LogP contribution is 2.32. The lowest BCUT2D eigenvalue weighted by atomic mass is 10.2. The van der Waals surface area contributed by atoms with Crippen LogP contribution in [0.2, 0.25) is 5.02 Å². The van der Waals surface area contributed by atoms with Crippen LogP contribution >= 0.6 is 56.8 Å². The van der Waals surface area contributed by atoms with E-state index in [1.54, 1.807) is 24.3 Å². The summed E-state index contributed by atoms with van der Waals surface area (Å²) in [5, 5.41) is 0.448. The Balaban J connectivity index is 2.04. The molecule has 0 atom stereocenters. The molecule has 4 nitrogen and oxygen atoms in total. The van der Waals surface area contributed by atoms with E-state index in [-0.39, 0.29) is 6.61 Å². The smallest absolute Gasteiger partial charge is 0.349 e. The minimum absolute atomic E-state index is 0.250. The van der Waals surface area contributed by atoms with E-state index < -0.39 is 5.97 Å². The quantitative estimate of drug-likeness (QED) is 0.221. The lowest BCUT2D eigenvalue weighted by Gasteiger charge is -2.11. The number of rotatable bonds is 4. The number of esters is 1. The van der Waals surface area contributed by atoms with Crippen molar-refractivity contribution in [3.8, 4) is 11.5 Å². The minimum atomic E-state index is -0.534. The summed E-state index contributed by atoms with van der Waals surface area (Å²) in [6, 6.07) is 8.65. The van der Waals surface area contributed by atoms with Gasteiger partial charge in [0.25, 0.3) is 0 Å². The van der Waals surface area contributed by atoms with Crippen LogP contribution in [0.25, 0.3) is 4.85 Å². The van der Waals surface area contributed by atoms with E-state index in [2.05, 4.69) is 4.85 Å². The largest absolute Gasteiger partial charge is 0.480 e. The van der Waals surface area contributed by atoms with Gasteiger partial charge in [-0.25, -0.2) is 9.64 Å². The number of benzene rings is 2. The zero-order valence-electron chi connectivity index (χ0n) is 11.9. The van der Waals surface area contributed by atoms with Crippen LogP contribution < -0.4 is 9.47 Å². The SMILES string of the molecule is [C-]#[N+]c1cc(I)c(OC(=O)COc2ccc(C)cc2Cl)c(I)c1. The first kappa shape index (κ1) is 18.3. The Bertz CT molecular complexity index is 779. The number of hydrogen-bond donors (Lipinski definition) is 0. The van der Waals surface area contributed by atoms with Crippen molar-refractivity contribution >= 4 is 68.4 Å². The van der Waals surface area contributed by atoms with Crippen molar-refractivity contribution in [3.05, 3.63) is 59.5 Å². The van der Waals surface area contributed by atoms with Gasteiger partial charge >= 0.3 is 5.97 Å². The first-order valence-electron chi connectivity index (χ1n) is 6.37. The van der Waals surface area contributed by atoms with Crippen molar-refractivity contribution in [1.82, 2.24) is 0 Å². The average Bonchev–Trinajstić information content (AvgIpc) is 2.49. The standard InChI is InChI=1S/C16H10ClI2NO3/c1-9-3-4-14(11(17)5-9)22-8-15(21)23-16-12(18)6-10(20-2)7-13(16)19/h3-7H,8H2,1H3. The van der Waals surface area contributed by atoms with Crippen molar-refractivity contribution in [3.63, 3.8) is 0 Å². The Hall–Kier alpha value is -1.05. The first-order valence-corrected chi connectivity index (χ1v) is 8.90. The van der Waals surface area contributed by atoms with E-state index in [9.17, 15) is 4.79 Å². The molecule has 0 aliphatic rings. The summed E-state index contributed by atoms with van der Waals surface area (Å²) in [7, 11) is 0. The van der Waals surface area contributed by atoms with Crippen molar-refractivity contribution < 1.29 is 14.3 Å². The van der Waals surface area contributed by atoms with Crippen molar-refractivity contribution in [2.45, 2.75) is 6.92 Å². The lowest BCUT2D eigenvalue weighted by Crippen LogP contribution is -2.18. The molecule has 2 aromatic carbocycles. The summed E-state index contributed by atoms with van der Waals surface area (Å²) in [6.07, 6.45) is 0. The van der Waals surface area contributed by atoms with Gasteiger partial charge in [-0.05, 0) is 81.9 Å². The summed E-state index contributed by atoms with van der Waals surface area (Å²) in [5.74, 6) is 0.331. The normalized spacial score (nSPS) is 10.0. The summed E-state index contributed by atoms with van der Waals surface area (Å²) < 4.78 is 12.1. The third-order valence-electron chi connectivity index (χ3n) is 2.76. The summed E-state index contributed by atoms with van der Waals surface area (Å²) in [6.45, 7) is 8.69. The van der Waals surface area contributed by atoms with Crippen LogP contribution in [-0.4, -0.2) is 12.6 Å². The number of aryl methyl sites for hydroxylation is 1. The molecule has 0 aliphatic heterocycles. The number of nitrogens with zero attached hydrogens (tertiary/aromatic N) is 1. The highest BCUT2D eigenvalue weighted by Gasteiger charge is 2.14. The maximum atomic E-state index is 12.0. The fraction of sp³-hybridized carbons (Fsp3) is 0.125. The maximum Gasteiger partial charge on any atom is 0.349 e. The van der Waals surface area contributed by atoms with Crippen LogP contribution in [0.1, 0.15) is 5.56 Å². The van der Waals surface area contributed by atoms with Gasteiger partial charge in [0.05, 0.1) is 11.6 Å². The molecule has 0 unspecified atom stereocenters. The summed E-state index contributed by atoms with van der Waals surface area (Å²) >= 11 is 10.1. The molecule has 0 N–H and O–H groups in total. The van der Waals surface area contributed by atoms with E-state index in [4.69, 9.17) is 27.6 Å². The second kappa shape index (κ2) is 8.17. The molecular weight excluding hydrogens is 543 g/mol. The zero-order chi connectivity index (χ0) is 17.0. The van der Waals surface area contributed by atoms with E-state index in [1.807, 2.05) is 58.2 Å². The van der Waals surface area contributed by atoms with Crippen LogP contribution in [-0.2, 0) is 4.79 Å². The van der Waals surface area contributed by atoms with Crippen LogP contribution in [0.3, 0.4) is 0 Å². The van der Waals surface area contributed by atoms with Crippen molar-refractivity contribution in [1.29, 1.82) is 0 Å². The predicted octanol–water partition coefficient (Wildman–Crippen LogP) is 5.39. The average molecular weight is 554 g/mol. The highest BCUT2D eigenvalue weighted by atomic mass is 127. The van der Waals surface area contributed by atoms with Gasteiger partial charge in [0.1, 0.15) is 5.75 Å². The number of halogens is 3. The molecule has 0 amide bonds. The van der Waals surface area contributed by atoms with E-state index in [0.717, 1.165) is 5.56 Å². The second-order valence-electron chi connectivity index (χ2n) is 4.55. The Morgan fingerprint density at radius 2 is 1.91 bits per heavy atom. The van der Waals surface area contributed by atoms with Gasteiger partial charge in [0, 0.05) is 7.14 Å². The van der Waals surface area contributed by atoms with Gasteiger partial charge in [-0.1, -0.05) is 17.7 Å². The molecule has 0 fully saturated rings. The Kier molecular flexibility index (Phi) is 6.50. The Labute approximate surface area is 166 Å². The predicted molar refractivity (Wildman–Crippen MR) is 105 cm³/mol. The van der Waals surface area contributed by atoms with Crippen LogP contribution in [0.5, 0.6) is 11.5 Å². The molecule has 118 valence electrons. The zero-order valence-corrected chi connectivity index (χ0v) is 17.0. The topological polar surface area (TPSA) is 39.9 Å².